The Balaban J connectivity index is 3.35. The molecule has 0 heterocycles. The standard InChI is InChI=1S/C19H26O4/c1-5-6-10-15(2)13-14-19(17(20)22-3,18(21)23-4)16-11-8-7-9-12-16/h7-9,11,14,16H,5-6,10,12H2,1-4H3. The third-order valence-electron chi connectivity index (χ3n) is 4.06. The van der Waals surface area contributed by atoms with Crippen LogP contribution in [0.4, 0.5) is 0 Å². The van der Waals surface area contributed by atoms with Gasteiger partial charge >= 0.3 is 11.9 Å². The molecular weight excluding hydrogens is 292 g/mol. The van der Waals surface area contributed by atoms with Gasteiger partial charge in [-0.15, -0.1) is 5.73 Å². The van der Waals surface area contributed by atoms with Crippen molar-refractivity contribution in [2.75, 3.05) is 14.2 Å². The van der Waals surface area contributed by atoms with E-state index in [1.807, 2.05) is 31.2 Å². The smallest absolute Gasteiger partial charge is 0.328 e. The maximum Gasteiger partial charge on any atom is 0.328 e. The number of hydrogen-bond donors (Lipinski definition) is 0. The van der Waals surface area contributed by atoms with Crippen molar-refractivity contribution in [3.05, 3.63) is 41.7 Å². The number of hydrogen-bond acceptors (Lipinski definition) is 4. The molecule has 1 unspecified atom stereocenters. The summed E-state index contributed by atoms with van der Waals surface area (Å²) in [4.78, 5) is 25.0. The Bertz CT molecular complexity index is 532. The highest BCUT2D eigenvalue weighted by atomic mass is 16.5. The van der Waals surface area contributed by atoms with Gasteiger partial charge in [-0.2, -0.15) is 0 Å². The van der Waals surface area contributed by atoms with Crippen LogP contribution in [0.2, 0.25) is 0 Å². The second-order valence-electron chi connectivity index (χ2n) is 5.68. The van der Waals surface area contributed by atoms with Gasteiger partial charge in [-0.05, 0) is 37.8 Å². The molecule has 0 aromatic carbocycles. The molecule has 1 atom stereocenters. The molecule has 126 valence electrons. The third-order valence-corrected chi connectivity index (χ3v) is 4.06. The molecule has 0 amide bonds. The molecular formula is C19H26O4. The van der Waals surface area contributed by atoms with Crippen LogP contribution in [0.1, 0.15) is 39.5 Å². The zero-order valence-electron chi connectivity index (χ0n) is 14.4. The van der Waals surface area contributed by atoms with Gasteiger partial charge in [0.2, 0.25) is 0 Å². The Labute approximate surface area is 138 Å². The molecule has 0 aromatic heterocycles. The molecule has 0 saturated carbocycles. The highest BCUT2D eigenvalue weighted by Crippen LogP contribution is 2.37. The van der Waals surface area contributed by atoms with Gasteiger partial charge in [0.25, 0.3) is 0 Å². The van der Waals surface area contributed by atoms with Crippen LogP contribution < -0.4 is 0 Å². The van der Waals surface area contributed by atoms with E-state index in [0.717, 1.165) is 24.8 Å². The van der Waals surface area contributed by atoms with Gasteiger partial charge in [0.05, 0.1) is 14.2 Å². The van der Waals surface area contributed by atoms with E-state index in [2.05, 4.69) is 12.7 Å². The maximum absolute atomic E-state index is 12.5. The SMILES string of the molecule is CCCCC(C)=C=CC(C(=O)OC)(C(=O)OC)C1C=CC=CC1. The third kappa shape index (κ3) is 4.46. The van der Waals surface area contributed by atoms with Crippen LogP contribution in [0.15, 0.2) is 41.7 Å². The molecule has 1 aliphatic rings. The van der Waals surface area contributed by atoms with Crippen molar-refractivity contribution in [3.8, 4) is 0 Å². The highest BCUT2D eigenvalue weighted by molar-refractivity contribution is 6.03. The van der Waals surface area contributed by atoms with Gasteiger partial charge in [-0.25, -0.2) is 0 Å². The Morgan fingerprint density at radius 3 is 2.39 bits per heavy atom. The van der Waals surface area contributed by atoms with Gasteiger partial charge in [0.1, 0.15) is 0 Å². The van der Waals surface area contributed by atoms with E-state index in [9.17, 15) is 9.59 Å². The first kappa shape index (κ1) is 19.0. The Morgan fingerprint density at radius 1 is 1.26 bits per heavy atom. The second kappa shape index (κ2) is 9.16. The first-order valence-electron chi connectivity index (χ1n) is 7.96. The lowest BCUT2D eigenvalue weighted by Gasteiger charge is -2.31. The lowest BCUT2D eigenvalue weighted by molar-refractivity contribution is -0.167. The lowest BCUT2D eigenvalue weighted by atomic mass is 9.72. The van der Waals surface area contributed by atoms with Crippen molar-refractivity contribution < 1.29 is 19.1 Å². The first-order chi connectivity index (χ1) is 11.0. The average Bonchev–Trinajstić information content (AvgIpc) is 2.60. The van der Waals surface area contributed by atoms with E-state index in [1.54, 1.807) is 0 Å². The van der Waals surface area contributed by atoms with Crippen molar-refractivity contribution in [2.24, 2.45) is 11.3 Å². The average molecular weight is 318 g/mol. The van der Waals surface area contributed by atoms with Crippen molar-refractivity contribution >= 4 is 11.9 Å². The maximum atomic E-state index is 12.5. The van der Waals surface area contributed by atoms with Crippen LogP contribution in [0.25, 0.3) is 0 Å². The van der Waals surface area contributed by atoms with E-state index in [1.165, 1.54) is 20.3 Å². The molecule has 4 nitrogen and oxygen atoms in total. The van der Waals surface area contributed by atoms with Gasteiger partial charge in [0.15, 0.2) is 5.41 Å². The van der Waals surface area contributed by atoms with Crippen molar-refractivity contribution in [1.82, 2.24) is 0 Å². The number of carbonyl (C=O) groups excluding carboxylic acids is 2. The number of rotatable bonds is 7. The molecule has 23 heavy (non-hydrogen) atoms. The quantitative estimate of drug-likeness (QED) is 0.407. The van der Waals surface area contributed by atoms with E-state index in [0.29, 0.717) is 6.42 Å². The molecule has 0 N–H and O–H groups in total. The Kier molecular flexibility index (Phi) is 7.56. The number of allylic oxidation sites excluding steroid dienone is 4. The van der Waals surface area contributed by atoms with Gasteiger partial charge in [-0.3, -0.25) is 9.59 Å². The largest absolute Gasteiger partial charge is 0.468 e. The highest BCUT2D eigenvalue weighted by Gasteiger charge is 2.51. The van der Waals surface area contributed by atoms with Crippen molar-refractivity contribution in [2.45, 2.75) is 39.5 Å². The minimum atomic E-state index is -1.50. The van der Waals surface area contributed by atoms with E-state index >= 15 is 0 Å². The molecule has 0 saturated heterocycles. The minimum Gasteiger partial charge on any atom is -0.468 e. The fourth-order valence-corrected chi connectivity index (χ4v) is 2.62. The summed E-state index contributed by atoms with van der Waals surface area (Å²) in [5.74, 6) is -1.59. The Hall–Kier alpha value is -2.06. The van der Waals surface area contributed by atoms with Gasteiger partial charge < -0.3 is 9.47 Å². The van der Waals surface area contributed by atoms with Crippen molar-refractivity contribution in [3.63, 3.8) is 0 Å². The summed E-state index contributed by atoms with van der Waals surface area (Å²) >= 11 is 0. The molecule has 1 rings (SSSR count). The van der Waals surface area contributed by atoms with Crippen LogP contribution in [-0.2, 0) is 19.1 Å². The number of unbranched alkanes of at least 4 members (excludes halogenated alkanes) is 1. The number of esters is 2. The monoisotopic (exact) mass is 318 g/mol. The van der Waals surface area contributed by atoms with Crippen molar-refractivity contribution in [1.29, 1.82) is 0 Å². The molecule has 1 aliphatic carbocycles. The summed E-state index contributed by atoms with van der Waals surface area (Å²) in [6.45, 7) is 4.06. The molecule has 0 fully saturated rings. The summed E-state index contributed by atoms with van der Waals surface area (Å²) in [7, 11) is 2.56. The molecule has 0 aliphatic heterocycles. The van der Waals surface area contributed by atoms with Gasteiger partial charge in [0, 0.05) is 5.92 Å². The summed E-state index contributed by atoms with van der Waals surface area (Å²) in [5, 5.41) is 0. The Morgan fingerprint density at radius 2 is 1.91 bits per heavy atom. The number of methoxy groups -OCH3 is 2. The van der Waals surface area contributed by atoms with Crippen LogP contribution >= 0.6 is 0 Å². The molecule has 4 heteroatoms. The van der Waals surface area contributed by atoms with E-state index in [-0.39, 0.29) is 5.92 Å². The topological polar surface area (TPSA) is 52.6 Å². The van der Waals surface area contributed by atoms with E-state index < -0.39 is 17.4 Å². The van der Waals surface area contributed by atoms with Crippen LogP contribution in [0.3, 0.4) is 0 Å². The first-order valence-corrected chi connectivity index (χ1v) is 7.96. The van der Waals surface area contributed by atoms with E-state index in [4.69, 9.17) is 9.47 Å². The summed E-state index contributed by atoms with van der Waals surface area (Å²) < 4.78 is 9.85. The lowest BCUT2D eigenvalue weighted by Crippen LogP contribution is -2.45. The second-order valence-corrected chi connectivity index (χ2v) is 5.68. The molecule has 0 spiro atoms. The summed E-state index contributed by atoms with van der Waals surface area (Å²) in [6.07, 6.45) is 12.6. The summed E-state index contributed by atoms with van der Waals surface area (Å²) in [5.41, 5.74) is 2.62. The van der Waals surface area contributed by atoms with Gasteiger partial charge in [-0.1, -0.05) is 37.6 Å². The molecule has 0 radical (unpaired) electrons. The van der Waals surface area contributed by atoms with Crippen LogP contribution in [0.5, 0.6) is 0 Å². The van der Waals surface area contributed by atoms with Crippen LogP contribution in [0, 0.1) is 11.3 Å². The fourth-order valence-electron chi connectivity index (χ4n) is 2.62. The zero-order valence-corrected chi connectivity index (χ0v) is 14.4. The molecule has 0 bridgehead atoms. The predicted octanol–water partition coefficient (Wildman–Crippen LogP) is 3.74. The van der Waals surface area contributed by atoms with Crippen LogP contribution in [-0.4, -0.2) is 26.2 Å². The molecule has 0 aromatic rings. The normalized spacial score (nSPS) is 16.4. The number of carbonyl (C=O) groups is 2. The predicted molar refractivity (Wildman–Crippen MR) is 89.6 cm³/mol. The zero-order chi connectivity index (χ0) is 17.3. The minimum absolute atomic E-state index is 0.348. The number of ether oxygens (including phenoxy) is 2. The fraction of sp³-hybridized carbons (Fsp3) is 0.526. The summed E-state index contributed by atoms with van der Waals surface area (Å²) in [6, 6.07) is 0.